The lowest BCUT2D eigenvalue weighted by Gasteiger charge is -2.10. The number of para-hydroxylation sites is 1. The highest BCUT2D eigenvalue weighted by atomic mass is 32.1. The molecule has 0 radical (unpaired) electrons. The molecule has 1 amide bonds. The molecule has 3 nitrogen and oxygen atoms in total. The Hall–Kier alpha value is -1.94. The van der Waals surface area contributed by atoms with E-state index >= 15 is 0 Å². The van der Waals surface area contributed by atoms with Crippen molar-refractivity contribution in [3.05, 3.63) is 54.1 Å². The summed E-state index contributed by atoms with van der Waals surface area (Å²) >= 11 is 4.21. The van der Waals surface area contributed by atoms with E-state index in [0.717, 1.165) is 4.90 Å². The molecule has 0 atom stereocenters. The van der Waals surface area contributed by atoms with Gasteiger partial charge in [-0.15, -0.1) is 12.6 Å². The van der Waals surface area contributed by atoms with Crippen molar-refractivity contribution in [2.45, 2.75) is 4.90 Å². The average Bonchev–Trinajstić information content (AvgIpc) is 2.41. The van der Waals surface area contributed by atoms with Gasteiger partial charge in [-0.3, -0.25) is 4.79 Å². The van der Waals surface area contributed by atoms with Crippen LogP contribution in [0.1, 0.15) is 10.4 Å². The van der Waals surface area contributed by atoms with Gasteiger partial charge < -0.3 is 10.1 Å². The summed E-state index contributed by atoms with van der Waals surface area (Å²) in [6.45, 7) is 0. The number of amides is 1. The number of hydrogen-bond donors (Lipinski definition) is 2. The molecule has 0 aromatic heterocycles. The van der Waals surface area contributed by atoms with Crippen molar-refractivity contribution >= 4 is 18.5 Å². The zero-order valence-electron chi connectivity index (χ0n) is 9.88. The zero-order valence-corrected chi connectivity index (χ0v) is 10.8. The van der Waals surface area contributed by atoms with E-state index in [0.29, 0.717) is 17.1 Å². The van der Waals surface area contributed by atoms with Crippen molar-refractivity contribution in [3.63, 3.8) is 0 Å². The van der Waals surface area contributed by atoms with E-state index in [9.17, 15) is 4.79 Å². The third-order valence-corrected chi connectivity index (χ3v) is 2.72. The van der Waals surface area contributed by atoms with Gasteiger partial charge in [0.25, 0.3) is 5.91 Å². The zero-order chi connectivity index (χ0) is 13.0. The minimum Gasteiger partial charge on any atom is -0.457 e. The molecule has 0 spiro atoms. The van der Waals surface area contributed by atoms with E-state index < -0.39 is 0 Å². The molecule has 0 fully saturated rings. The molecule has 2 rings (SSSR count). The van der Waals surface area contributed by atoms with Crippen molar-refractivity contribution in [1.82, 2.24) is 5.32 Å². The van der Waals surface area contributed by atoms with Gasteiger partial charge >= 0.3 is 0 Å². The molecule has 0 aliphatic heterocycles. The van der Waals surface area contributed by atoms with Crippen LogP contribution < -0.4 is 10.1 Å². The van der Waals surface area contributed by atoms with Gasteiger partial charge in [0.15, 0.2) is 0 Å². The Labute approximate surface area is 111 Å². The molecule has 2 aromatic rings. The van der Waals surface area contributed by atoms with Crippen molar-refractivity contribution in [3.8, 4) is 11.5 Å². The summed E-state index contributed by atoms with van der Waals surface area (Å²) in [4.78, 5) is 12.5. The third-order valence-electron chi connectivity index (χ3n) is 2.42. The molecular formula is C14H13NO2S. The second-order valence-corrected chi connectivity index (χ2v) is 4.19. The van der Waals surface area contributed by atoms with E-state index in [4.69, 9.17) is 4.74 Å². The van der Waals surface area contributed by atoms with Gasteiger partial charge in [0, 0.05) is 11.9 Å². The number of hydrogen-bond acceptors (Lipinski definition) is 3. The molecule has 0 aliphatic rings. The van der Waals surface area contributed by atoms with Crippen LogP contribution in [-0.4, -0.2) is 13.0 Å². The van der Waals surface area contributed by atoms with Gasteiger partial charge in [-0.25, -0.2) is 0 Å². The molecule has 2 aromatic carbocycles. The Kier molecular flexibility index (Phi) is 3.89. The Morgan fingerprint density at radius 2 is 1.78 bits per heavy atom. The predicted octanol–water partition coefficient (Wildman–Crippen LogP) is 3.13. The van der Waals surface area contributed by atoms with Gasteiger partial charge in [-0.2, -0.15) is 0 Å². The Balaban J connectivity index is 2.28. The standard InChI is InChI=1S/C14H13NO2S/c1-15-14(16)12-4-2-3-5-13(12)17-10-6-8-11(18)9-7-10/h2-9,18H,1H3,(H,15,16). The van der Waals surface area contributed by atoms with Crippen LogP contribution >= 0.6 is 12.6 Å². The van der Waals surface area contributed by atoms with Crippen LogP contribution in [0.25, 0.3) is 0 Å². The number of rotatable bonds is 3. The lowest BCUT2D eigenvalue weighted by atomic mass is 10.2. The Morgan fingerprint density at radius 1 is 1.11 bits per heavy atom. The van der Waals surface area contributed by atoms with E-state index in [1.807, 2.05) is 30.3 Å². The Bertz CT molecular complexity index is 552. The first-order valence-corrected chi connectivity index (χ1v) is 5.93. The number of thiol groups is 1. The normalized spacial score (nSPS) is 9.89. The van der Waals surface area contributed by atoms with Crippen LogP contribution in [0, 0.1) is 0 Å². The predicted molar refractivity (Wildman–Crippen MR) is 73.6 cm³/mol. The second-order valence-electron chi connectivity index (χ2n) is 3.67. The first-order chi connectivity index (χ1) is 8.70. The molecule has 0 bridgehead atoms. The highest BCUT2D eigenvalue weighted by Gasteiger charge is 2.10. The van der Waals surface area contributed by atoms with E-state index in [1.54, 1.807) is 25.2 Å². The van der Waals surface area contributed by atoms with E-state index in [-0.39, 0.29) is 5.91 Å². The molecule has 1 N–H and O–H groups in total. The molecule has 0 saturated heterocycles. The second kappa shape index (κ2) is 5.60. The van der Waals surface area contributed by atoms with Crippen molar-refractivity contribution in [2.75, 3.05) is 7.05 Å². The average molecular weight is 259 g/mol. The number of carbonyl (C=O) groups excluding carboxylic acids is 1. The van der Waals surface area contributed by atoms with Crippen LogP contribution in [0.3, 0.4) is 0 Å². The topological polar surface area (TPSA) is 38.3 Å². The molecule has 0 saturated carbocycles. The summed E-state index contributed by atoms with van der Waals surface area (Å²) in [5, 5.41) is 2.59. The van der Waals surface area contributed by atoms with Gasteiger partial charge in [-0.05, 0) is 36.4 Å². The van der Waals surface area contributed by atoms with Gasteiger partial charge in [-0.1, -0.05) is 12.1 Å². The molecule has 92 valence electrons. The number of ether oxygens (including phenoxy) is 1. The fourth-order valence-electron chi connectivity index (χ4n) is 1.52. The van der Waals surface area contributed by atoms with Gasteiger partial charge in [0.1, 0.15) is 11.5 Å². The summed E-state index contributed by atoms with van der Waals surface area (Å²) in [6.07, 6.45) is 0. The minimum atomic E-state index is -0.170. The molecular weight excluding hydrogens is 246 g/mol. The summed E-state index contributed by atoms with van der Waals surface area (Å²) < 4.78 is 5.69. The summed E-state index contributed by atoms with van der Waals surface area (Å²) in [6, 6.07) is 14.4. The fraction of sp³-hybridized carbons (Fsp3) is 0.0714. The molecule has 0 unspecified atom stereocenters. The summed E-state index contributed by atoms with van der Waals surface area (Å²) in [5.41, 5.74) is 0.509. The van der Waals surface area contributed by atoms with Crippen LogP contribution in [0.15, 0.2) is 53.4 Å². The Morgan fingerprint density at radius 3 is 2.44 bits per heavy atom. The van der Waals surface area contributed by atoms with Gasteiger partial charge in [0.05, 0.1) is 5.56 Å². The lowest BCUT2D eigenvalue weighted by Crippen LogP contribution is -2.18. The molecule has 4 heteroatoms. The third kappa shape index (κ3) is 2.84. The minimum absolute atomic E-state index is 0.170. The van der Waals surface area contributed by atoms with Crippen LogP contribution in [0.5, 0.6) is 11.5 Å². The van der Waals surface area contributed by atoms with Crippen molar-refractivity contribution < 1.29 is 9.53 Å². The lowest BCUT2D eigenvalue weighted by molar-refractivity contribution is 0.0961. The van der Waals surface area contributed by atoms with Crippen molar-refractivity contribution in [1.29, 1.82) is 0 Å². The largest absolute Gasteiger partial charge is 0.457 e. The first-order valence-electron chi connectivity index (χ1n) is 5.48. The summed E-state index contributed by atoms with van der Waals surface area (Å²) in [5.74, 6) is 1.03. The van der Waals surface area contributed by atoms with Crippen LogP contribution in [-0.2, 0) is 0 Å². The number of carbonyl (C=O) groups is 1. The van der Waals surface area contributed by atoms with Crippen LogP contribution in [0.2, 0.25) is 0 Å². The highest BCUT2D eigenvalue weighted by Crippen LogP contribution is 2.25. The SMILES string of the molecule is CNC(=O)c1ccccc1Oc1ccc(S)cc1. The van der Waals surface area contributed by atoms with Crippen LogP contribution in [0.4, 0.5) is 0 Å². The first kappa shape index (κ1) is 12.5. The number of benzene rings is 2. The van der Waals surface area contributed by atoms with E-state index in [2.05, 4.69) is 17.9 Å². The fourth-order valence-corrected chi connectivity index (χ4v) is 1.67. The molecule has 0 aliphatic carbocycles. The highest BCUT2D eigenvalue weighted by molar-refractivity contribution is 7.80. The number of nitrogens with one attached hydrogen (secondary N) is 1. The quantitative estimate of drug-likeness (QED) is 0.831. The maximum Gasteiger partial charge on any atom is 0.254 e. The van der Waals surface area contributed by atoms with Crippen molar-refractivity contribution in [2.24, 2.45) is 0 Å². The smallest absolute Gasteiger partial charge is 0.254 e. The van der Waals surface area contributed by atoms with E-state index in [1.165, 1.54) is 0 Å². The monoisotopic (exact) mass is 259 g/mol. The summed E-state index contributed by atoms with van der Waals surface area (Å²) in [7, 11) is 1.59. The maximum absolute atomic E-state index is 11.7. The van der Waals surface area contributed by atoms with Gasteiger partial charge in [0.2, 0.25) is 0 Å². The molecule has 0 heterocycles. The molecule has 18 heavy (non-hydrogen) atoms. The maximum atomic E-state index is 11.7.